The molecule has 1 aromatic rings. The molecule has 0 aliphatic heterocycles. The number of allylic oxidation sites excluding steroid dienone is 3. The molecule has 198 valence electrons. The molecule has 0 unspecified atom stereocenters. The second-order valence-electron chi connectivity index (χ2n) is 12.6. The van der Waals surface area contributed by atoms with Crippen LogP contribution in [-0.4, -0.2) is 35.7 Å². The van der Waals surface area contributed by atoms with Crippen LogP contribution in [0, 0.1) is 33.5 Å². The van der Waals surface area contributed by atoms with E-state index in [4.69, 9.17) is 13.9 Å². The molecule has 2 saturated carbocycles. The molecule has 5 rings (SSSR count). The number of hydrogen-bond donors (Lipinski definition) is 0. The molecular formula is C30H36O7. The first-order chi connectivity index (χ1) is 17.2. The van der Waals surface area contributed by atoms with Crippen molar-refractivity contribution in [3.63, 3.8) is 0 Å². The Bertz CT molecular complexity index is 1240. The van der Waals surface area contributed by atoms with Crippen LogP contribution in [0.4, 0.5) is 0 Å². The van der Waals surface area contributed by atoms with Crippen LogP contribution in [0.3, 0.4) is 0 Å². The number of hydrogen-bond acceptors (Lipinski definition) is 7. The molecule has 0 bridgehead atoms. The topological polar surface area (TPSA) is 99.9 Å². The van der Waals surface area contributed by atoms with Crippen molar-refractivity contribution in [1.82, 2.24) is 0 Å². The summed E-state index contributed by atoms with van der Waals surface area (Å²) in [5, 5.41) is 0. The van der Waals surface area contributed by atoms with Gasteiger partial charge in [0.15, 0.2) is 11.6 Å². The van der Waals surface area contributed by atoms with Gasteiger partial charge < -0.3 is 13.9 Å². The lowest BCUT2D eigenvalue weighted by Gasteiger charge is -2.67. The molecule has 4 aliphatic carbocycles. The molecule has 0 N–H and O–H groups in total. The summed E-state index contributed by atoms with van der Waals surface area (Å²) in [4.78, 5) is 51.8. The van der Waals surface area contributed by atoms with Crippen molar-refractivity contribution in [2.75, 3.05) is 0 Å². The van der Waals surface area contributed by atoms with Gasteiger partial charge in [0.1, 0.15) is 12.2 Å². The van der Waals surface area contributed by atoms with Crippen molar-refractivity contribution in [2.45, 2.75) is 79.4 Å². The molecule has 7 heteroatoms. The molecular weight excluding hydrogens is 472 g/mol. The number of esters is 2. The Balaban J connectivity index is 1.76. The minimum atomic E-state index is -0.872. The Labute approximate surface area is 217 Å². The summed E-state index contributed by atoms with van der Waals surface area (Å²) < 4.78 is 17.5. The van der Waals surface area contributed by atoms with Gasteiger partial charge in [0.25, 0.3) is 0 Å². The summed E-state index contributed by atoms with van der Waals surface area (Å²) in [5.41, 5.74) is -1.02. The minimum Gasteiger partial charge on any atom is -0.472 e. The van der Waals surface area contributed by atoms with E-state index in [9.17, 15) is 19.2 Å². The lowest BCUT2D eigenvalue weighted by molar-refractivity contribution is -0.237. The second-order valence-corrected chi connectivity index (χ2v) is 12.6. The highest BCUT2D eigenvalue weighted by Crippen LogP contribution is 2.72. The highest BCUT2D eigenvalue weighted by Gasteiger charge is 2.73. The highest BCUT2D eigenvalue weighted by atomic mass is 16.6. The fraction of sp³-hybridized carbons (Fsp3) is 0.600. The zero-order valence-electron chi connectivity index (χ0n) is 22.6. The number of fused-ring (bicyclic) bond motifs is 5. The highest BCUT2D eigenvalue weighted by molar-refractivity contribution is 6.01. The number of ketones is 2. The molecule has 0 saturated heterocycles. The summed E-state index contributed by atoms with van der Waals surface area (Å²) in [6.07, 6.45) is 8.33. The summed E-state index contributed by atoms with van der Waals surface area (Å²) in [6, 6.07) is 1.83. The third-order valence-corrected chi connectivity index (χ3v) is 10.2. The first kappa shape index (κ1) is 25.7. The zero-order valence-corrected chi connectivity index (χ0v) is 22.6. The number of furan rings is 1. The molecule has 0 amide bonds. The number of ether oxygens (including phenoxy) is 2. The van der Waals surface area contributed by atoms with Crippen LogP contribution in [0.2, 0.25) is 0 Å². The van der Waals surface area contributed by atoms with Crippen LogP contribution in [0.1, 0.15) is 72.8 Å². The third kappa shape index (κ3) is 3.31. The van der Waals surface area contributed by atoms with Crippen molar-refractivity contribution in [3.8, 4) is 0 Å². The van der Waals surface area contributed by atoms with Gasteiger partial charge in [0.05, 0.1) is 18.4 Å². The number of carbonyl (C=O) groups is 4. The maximum absolute atomic E-state index is 13.6. The van der Waals surface area contributed by atoms with Gasteiger partial charge in [-0.3, -0.25) is 19.2 Å². The van der Waals surface area contributed by atoms with Crippen molar-refractivity contribution in [1.29, 1.82) is 0 Å². The second kappa shape index (κ2) is 8.02. The van der Waals surface area contributed by atoms with E-state index in [-0.39, 0.29) is 17.5 Å². The molecule has 2 fully saturated rings. The Hall–Kier alpha value is -2.96. The first-order valence-electron chi connectivity index (χ1n) is 13.1. The Morgan fingerprint density at radius 3 is 2.30 bits per heavy atom. The predicted molar refractivity (Wildman–Crippen MR) is 134 cm³/mol. The molecule has 7 nitrogen and oxygen atoms in total. The van der Waals surface area contributed by atoms with Crippen LogP contribution in [0.5, 0.6) is 0 Å². The smallest absolute Gasteiger partial charge is 0.303 e. The minimum absolute atomic E-state index is 0.00615. The third-order valence-electron chi connectivity index (χ3n) is 10.2. The van der Waals surface area contributed by atoms with Gasteiger partial charge in [0.2, 0.25) is 0 Å². The van der Waals surface area contributed by atoms with Crippen LogP contribution in [-0.2, 0) is 28.7 Å². The number of rotatable bonds is 3. The van der Waals surface area contributed by atoms with Gasteiger partial charge >= 0.3 is 11.9 Å². The van der Waals surface area contributed by atoms with E-state index in [0.717, 1.165) is 24.0 Å². The van der Waals surface area contributed by atoms with Crippen molar-refractivity contribution in [3.05, 3.63) is 48.0 Å². The van der Waals surface area contributed by atoms with Gasteiger partial charge in [-0.15, -0.1) is 0 Å². The van der Waals surface area contributed by atoms with Crippen molar-refractivity contribution in [2.24, 2.45) is 33.5 Å². The average molecular weight is 509 g/mol. The Kier molecular flexibility index (Phi) is 5.56. The standard InChI is InChI=1S/C30H36O7/c1-16(31)36-24-25-27(3,4)22(34)9-12-29(25,6)20-8-11-28(5)21(30(20,7)26(24)37-17(2)32)14-19(33)23(28)18-10-13-35-15-18/h9-10,12-15,20,23-26H,8,11H2,1-7H3/t20-,23-,24-,25+,26-,28-,29+,30-/m1/s1. The van der Waals surface area contributed by atoms with E-state index in [2.05, 4.69) is 20.8 Å². The van der Waals surface area contributed by atoms with Gasteiger partial charge in [-0.1, -0.05) is 40.7 Å². The molecule has 0 radical (unpaired) electrons. The maximum atomic E-state index is 13.6. The quantitative estimate of drug-likeness (QED) is 0.532. The molecule has 0 aromatic carbocycles. The largest absolute Gasteiger partial charge is 0.472 e. The Morgan fingerprint density at radius 1 is 1.03 bits per heavy atom. The molecule has 1 aromatic heterocycles. The van der Waals surface area contributed by atoms with E-state index in [1.807, 2.05) is 26.0 Å². The van der Waals surface area contributed by atoms with E-state index in [1.165, 1.54) is 13.8 Å². The van der Waals surface area contributed by atoms with Gasteiger partial charge in [-0.2, -0.15) is 0 Å². The lowest BCUT2D eigenvalue weighted by Crippen LogP contribution is -2.70. The average Bonchev–Trinajstić information content (AvgIpc) is 3.39. The van der Waals surface area contributed by atoms with Crippen molar-refractivity contribution < 1.29 is 33.1 Å². The maximum Gasteiger partial charge on any atom is 0.303 e. The van der Waals surface area contributed by atoms with Gasteiger partial charge in [-0.25, -0.2) is 0 Å². The van der Waals surface area contributed by atoms with E-state index in [0.29, 0.717) is 0 Å². The fourth-order valence-corrected chi connectivity index (χ4v) is 8.93. The first-order valence-corrected chi connectivity index (χ1v) is 13.1. The summed E-state index contributed by atoms with van der Waals surface area (Å²) >= 11 is 0. The van der Waals surface area contributed by atoms with Crippen LogP contribution < -0.4 is 0 Å². The number of carbonyl (C=O) groups excluding carboxylic acids is 4. The summed E-state index contributed by atoms with van der Waals surface area (Å²) in [6.45, 7) is 12.7. The van der Waals surface area contributed by atoms with Gasteiger partial charge in [0, 0.05) is 41.6 Å². The van der Waals surface area contributed by atoms with Gasteiger partial charge in [-0.05, 0) is 48.0 Å². The van der Waals surface area contributed by atoms with Crippen LogP contribution in [0.15, 0.2) is 46.8 Å². The lowest BCUT2D eigenvalue weighted by atomic mass is 9.37. The molecule has 8 atom stereocenters. The monoisotopic (exact) mass is 508 g/mol. The van der Waals surface area contributed by atoms with Crippen molar-refractivity contribution >= 4 is 23.5 Å². The van der Waals surface area contributed by atoms with Crippen LogP contribution >= 0.6 is 0 Å². The molecule has 1 heterocycles. The zero-order chi connectivity index (χ0) is 27.1. The molecule has 4 aliphatic rings. The summed E-state index contributed by atoms with van der Waals surface area (Å²) in [7, 11) is 0. The van der Waals surface area contributed by atoms with E-state index >= 15 is 0 Å². The summed E-state index contributed by atoms with van der Waals surface area (Å²) in [5.74, 6) is -1.95. The SMILES string of the molecule is CC(=O)O[C@H]1[C@@H](OC(C)=O)[C@@]2(C)C3=CC(=O)[C@@H](c4ccoc4)[C@]3(C)CC[C@@H]2[C@]2(C)C=CC(=O)C(C)(C)[C@H]12. The Morgan fingerprint density at radius 2 is 1.70 bits per heavy atom. The predicted octanol–water partition coefficient (Wildman–Crippen LogP) is 4.96. The fourth-order valence-electron chi connectivity index (χ4n) is 8.93. The molecule has 0 spiro atoms. The van der Waals surface area contributed by atoms with E-state index < -0.39 is 57.6 Å². The normalized spacial score (nSPS) is 41.8. The molecule has 37 heavy (non-hydrogen) atoms. The van der Waals surface area contributed by atoms with Crippen LogP contribution in [0.25, 0.3) is 0 Å². The van der Waals surface area contributed by atoms with E-state index in [1.54, 1.807) is 24.7 Å².